The Morgan fingerprint density at radius 1 is 1.30 bits per heavy atom. The fourth-order valence-corrected chi connectivity index (χ4v) is 1.86. The minimum absolute atomic E-state index is 0.0571. The minimum Gasteiger partial charge on any atom is -0.451 e. The Morgan fingerprint density at radius 3 is 2.70 bits per heavy atom. The van der Waals surface area contributed by atoms with Crippen LogP contribution in [0.25, 0.3) is 0 Å². The van der Waals surface area contributed by atoms with Gasteiger partial charge in [-0.05, 0) is 30.7 Å². The van der Waals surface area contributed by atoms with Crippen molar-refractivity contribution in [1.29, 1.82) is 0 Å². The molecule has 2 aromatic rings. The van der Waals surface area contributed by atoms with Gasteiger partial charge in [0.15, 0.2) is 12.3 Å². The van der Waals surface area contributed by atoms with Crippen molar-refractivity contribution in [3.05, 3.63) is 57.0 Å². The number of hydrogen-bond acceptors (Lipinski definition) is 5. The lowest BCUT2D eigenvalue weighted by Gasteiger charge is -2.08. The summed E-state index contributed by atoms with van der Waals surface area (Å²) in [4.78, 5) is 34.7. The molecular formula is C15H14ClN3O4. The quantitative estimate of drug-likeness (QED) is 0.856. The third-order valence-corrected chi connectivity index (χ3v) is 3.37. The first-order valence-electron chi connectivity index (χ1n) is 6.64. The number of carbonyl (C=O) groups is 2. The molecule has 1 aromatic heterocycles. The summed E-state index contributed by atoms with van der Waals surface area (Å²) in [5.74, 6) is -1.30. The molecule has 1 N–H and O–H groups in total. The summed E-state index contributed by atoms with van der Waals surface area (Å²) >= 11 is 5.96. The highest BCUT2D eigenvalue weighted by atomic mass is 35.5. The van der Waals surface area contributed by atoms with E-state index < -0.39 is 18.5 Å². The number of halogens is 1. The van der Waals surface area contributed by atoms with E-state index in [0.29, 0.717) is 10.7 Å². The summed E-state index contributed by atoms with van der Waals surface area (Å²) in [5, 5.41) is 6.82. The maximum Gasteiger partial charge on any atom is 0.359 e. The van der Waals surface area contributed by atoms with E-state index in [1.807, 2.05) is 6.92 Å². The van der Waals surface area contributed by atoms with E-state index in [9.17, 15) is 14.4 Å². The molecule has 2 rings (SSSR count). The van der Waals surface area contributed by atoms with E-state index in [4.69, 9.17) is 16.3 Å². The highest BCUT2D eigenvalue weighted by molar-refractivity contribution is 6.31. The molecule has 8 heteroatoms. The molecular weight excluding hydrogens is 322 g/mol. The largest absolute Gasteiger partial charge is 0.451 e. The fraction of sp³-hybridized carbons (Fsp3) is 0.200. The third kappa shape index (κ3) is 4.40. The Morgan fingerprint density at radius 2 is 2.04 bits per heavy atom. The number of aryl methyl sites for hydroxylation is 2. The molecule has 0 aliphatic carbocycles. The molecule has 0 spiro atoms. The molecule has 7 nitrogen and oxygen atoms in total. The number of nitrogens with one attached hydrogen (secondary N) is 1. The molecule has 0 saturated heterocycles. The fourth-order valence-electron chi connectivity index (χ4n) is 1.68. The summed E-state index contributed by atoms with van der Waals surface area (Å²) in [6.07, 6.45) is 0. The van der Waals surface area contributed by atoms with Crippen LogP contribution in [0, 0.1) is 6.92 Å². The molecule has 0 saturated carbocycles. The van der Waals surface area contributed by atoms with Crippen LogP contribution in [0.3, 0.4) is 0 Å². The van der Waals surface area contributed by atoms with Gasteiger partial charge in [-0.25, -0.2) is 9.48 Å². The standard InChI is InChI=1S/C15H14ClN3O4/c1-9-3-4-10(7-11(9)16)17-13(20)8-23-15(22)12-5-6-14(21)19(2)18-12/h3-7H,8H2,1-2H3,(H,17,20). The van der Waals surface area contributed by atoms with Crippen LogP contribution < -0.4 is 10.9 Å². The first-order valence-corrected chi connectivity index (χ1v) is 7.02. The van der Waals surface area contributed by atoms with Gasteiger partial charge < -0.3 is 10.1 Å². The topological polar surface area (TPSA) is 90.3 Å². The second-order valence-corrected chi connectivity index (χ2v) is 5.18. The van der Waals surface area contributed by atoms with Gasteiger partial charge in [-0.15, -0.1) is 0 Å². The van der Waals surface area contributed by atoms with Crippen LogP contribution in [0.1, 0.15) is 16.1 Å². The first-order chi connectivity index (χ1) is 10.9. The van der Waals surface area contributed by atoms with Gasteiger partial charge in [0.25, 0.3) is 11.5 Å². The monoisotopic (exact) mass is 335 g/mol. The number of anilines is 1. The van der Waals surface area contributed by atoms with Crippen molar-refractivity contribution >= 4 is 29.2 Å². The average Bonchev–Trinajstić information content (AvgIpc) is 2.51. The summed E-state index contributed by atoms with van der Waals surface area (Å²) in [5.41, 5.74) is 0.979. The van der Waals surface area contributed by atoms with Gasteiger partial charge in [-0.1, -0.05) is 17.7 Å². The Labute approximate surface area is 136 Å². The normalized spacial score (nSPS) is 10.2. The van der Waals surface area contributed by atoms with E-state index >= 15 is 0 Å². The van der Waals surface area contributed by atoms with Crippen molar-refractivity contribution in [2.75, 3.05) is 11.9 Å². The molecule has 0 bridgehead atoms. The maximum atomic E-state index is 11.8. The zero-order chi connectivity index (χ0) is 17.0. The van der Waals surface area contributed by atoms with Crippen LogP contribution in [0.5, 0.6) is 0 Å². The maximum absolute atomic E-state index is 11.8. The summed E-state index contributed by atoms with van der Waals surface area (Å²) in [6.45, 7) is 1.37. The number of ether oxygens (including phenoxy) is 1. The van der Waals surface area contributed by atoms with Crippen molar-refractivity contribution < 1.29 is 14.3 Å². The number of esters is 1. The van der Waals surface area contributed by atoms with Crippen LogP contribution >= 0.6 is 11.6 Å². The average molecular weight is 336 g/mol. The van der Waals surface area contributed by atoms with Gasteiger partial charge in [-0.3, -0.25) is 9.59 Å². The predicted molar refractivity (Wildman–Crippen MR) is 84.6 cm³/mol. The predicted octanol–water partition coefficient (Wildman–Crippen LogP) is 1.54. The SMILES string of the molecule is Cc1ccc(NC(=O)COC(=O)c2ccc(=O)n(C)n2)cc1Cl. The van der Waals surface area contributed by atoms with Crippen molar-refractivity contribution in [2.45, 2.75) is 6.92 Å². The van der Waals surface area contributed by atoms with Gasteiger partial charge in [0.1, 0.15) is 0 Å². The Hall–Kier alpha value is -2.67. The molecule has 0 atom stereocenters. The number of carbonyl (C=O) groups excluding carboxylic acids is 2. The molecule has 0 fully saturated rings. The van der Waals surface area contributed by atoms with Crippen LogP contribution in [0.2, 0.25) is 5.02 Å². The summed E-state index contributed by atoms with van der Waals surface area (Å²) < 4.78 is 5.85. The highest BCUT2D eigenvalue weighted by Gasteiger charge is 2.13. The first kappa shape index (κ1) is 16.7. The second kappa shape index (κ2) is 7.06. The molecule has 120 valence electrons. The van der Waals surface area contributed by atoms with E-state index in [2.05, 4.69) is 10.4 Å². The number of benzene rings is 1. The van der Waals surface area contributed by atoms with Crippen LogP contribution in [0.4, 0.5) is 5.69 Å². The molecule has 1 amide bonds. The molecule has 0 aliphatic rings. The van der Waals surface area contributed by atoms with Crippen molar-refractivity contribution in [3.8, 4) is 0 Å². The lowest BCUT2D eigenvalue weighted by atomic mass is 10.2. The molecule has 0 radical (unpaired) electrons. The number of aromatic nitrogens is 2. The van der Waals surface area contributed by atoms with Gasteiger partial charge in [0.05, 0.1) is 0 Å². The number of amides is 1. The van der Waals surface area contributed by atoms with Gasteiger partial charge in [-0.2, -0.15) is 5.10 Å². The van der Waals surface area contributed by atoms with Gasteiger partial charge >= 0.3 is 5.97 Å². The molecule has 0 unspecified atom stereocenters. The van der Waals surface area contributed by atoms with Crippen molar-refractivity contribution in [3.63, 3.8) is 0 Å². The molecule has 1 aromatic carbocycles. The second-order valence-electron chi connectivity index (χ2n) is 4.77. The summed E-state index contributed by atoms with van der Waals surface area (Å²) in [6, 6.07) is 7.49. The van der Waals surface area contributed by atoms with Crippen LogP contribution in [0.15, 0.2) is 35.1 Å². The highest BCUT2D eigenvalue weighted by Crippen LogP contribution is 2.19. The smallest absolute Gasteiger partial charge is 0.359 e. The van der Waals surface area contributed by atoms with E-state index in [1.54, 1.807) is 18.2 Å². The number of nitrogens with zero attached hydrogens (tertiary/aromatic N) is 2. The molecule has 23 heavy (non-hydrogen) atoms. The Kier molecular flexibility index (Phi) is 5.13. The van der Waals surface area contributed by atoms with Gasteiger partial charge in [0.2, 0.25) is 0 Å². The molecule has 0 aliphatic heterocycles. The number of hydrogen-bond donors (Lipinski definition) is 1. The van der Waals surface area contributed by atoms with Gasteiger partial charge in [0, 0.05) is 23.8 Å². The Balaban J connectivity index is 1.93. The lowest BCUT2D eigenvalue weighted by molar-refractivity contribution is -0.119. The van der Waals surface area contributed by atoms with E-state index in [-0.39, 0.29) is 11.3 Å². The Bertz CT molecular complexity index is 817. The zero-order valence-electron chi connectivity index (χ0n) is 12.5. The van der Waals surface area contributed by atoms with Crippen LogP contribution in [-0.4, -0.2) is 28.3 Å². The van der Waals surface area contributed by atoms with E-state index in [1.165, 1.54) is 19.2 Å². The van der Waals surface area contributed by atoms with Crippen molar-refractivity contribution in [1.82, 2.24) is 9.78 Å². The van der Waals surface area contributed by atoms with Crippen LogP contribution in [-0.2, 0) is 16.6 Å². The van der Waals surface area contributed by atoms with Crippen molar-refractivity contribution in [2.24, 2.45) is 7.05 Å². The summed E-state index contributed by atoms with van der Waals surface area (Å²) in [7, 11) is 1.41. The molecule has 1 heterocycles. The minimum atomic E-state index is -0.794. The lowest BCUT2D eigenvalue weighted by Crippen LogP contribution is -2.24. The van der Waals surface area contributed by atoms with E-state index in [0.717, 1.165) is 10.2 Å². The zero-order valence-corrected chi connectivity index (χ0v) is 13.3. The number of rotatable bonds is 4. The third-order valence-electron chi connectivity index (χ3n) is 2.96.